The van der Waals surface area contributed by atoms with Crippen LogP contribution in [-0.4, -0.2) is 65.3 Å². The van der Waals surface area contributed by atoms with Crippen LogP contribution in [0.25, 0.3) is 0 Å². The normalized spacial score (nSPS) is 40.5. The molecule has 5 heterocycles. The van der Waals surface area contributed by atoms with E-state index in [2.05, 4.69) is 20.7 Å². The van der Waals surface area contributed by atoms with Crippen LogP contribution in [0.1, 0.15) is 17.7 Å². The second-order valence-corrected chi connectivity index (χ2v) is 10.4. The number of thioether (sulfide) groups is 1. The molecule has 0 aliphatic carbocycles. The van der Waals surface area contributed by atoms with Crippen LogP contribution in [0.2, 0.25) is 0 Å². The molecule has 0 aromatic carbocycles. The Labute approximate surface area is 167 Å². The maximum Gasteiger partial charge on any atom is 0.345 e. The van der Waals surface area contributed by atoms with E-state index in [1.807, 2.05) is 22.9 Å². The van der Waals surface area contributed by atoms with Crippen molar-refractivity contribution in [1.29, 1.82) is 0 Å². The number of carbonyl (C=O) groups excluding carboxylic acids is 1. The molecule has 1 aromatic heterocycles. The summed E-state index contributed by atoms with van der Waals surface area (Å²) in [6, 6.07) is 4.36. The lowest BCUT2D eigenvalue weighted by atomic mass is 9.91. The van der Waals surface area contributed by atoms with E-state index in [4.69, 9.17) is 9.47 Å². The highest BCUT2D eigenvalue weighted by Gasteiger charge is 2.71. The van der Waals surface area contributed by atoms with Gasteiger partial charge >= 0.3 is 5.97 Å². The van der Waals surface area contributed by atoms with Crippen molar-refractivity contribution in [2.24, 2.45) is 0 Å². The summed E-state index contributed by atoms with van der Waals surface area (Å²) in [5.41, 5.74) is -0.969. The fourth-order valence-electron chi connectivity index (χ4n) is 5.12. The topological polar surface area (TPSA) is 59.1 Å². The number of fused-ring (bicyclic) bond motifs is 5. The number of hydrogen-bond acceptors (Lipinski definition) is 6. The summed E-state index contributed by atoms with van der Waals surface area (Å²) < 4.78 is 12.7. The van der Waals surface area contributed by atoms with E-state index < -0.39 is 16.8 Å². The molecule has 3 saturated heterocycles. The van der Waals surface area contributed by atoms with Crippen molar-refractivity contribution in [3.05, 3.63) is 46.0 Å². The van der Waals surface area contributed by atoms with Crippen LogP contribution in [0.5, 0.6) is 0 Å². The van der Waals surface area contributed by atoms with E-state index >= 15 is 0 Å². The highest BCUT2D eigenvalue weighted by atomic mass is 32.2. The van der Waals surface area contributed by atoms with Gasteiger partial charge in [-0.3, -0.25) is 0 Å². The summed E-state index contributed by atoms with van der Waals surface area (Å²) in [5.74, 6) is -0.557. The molecule has 0 radical (unpaired) electrons. The van der Waals surface area contributed by atoms with Crippen molar-refractivity contribution in [1.82, 2.24) is 0 Å². The summed E-state index contributed by atoms with van der Waals surface area (Å²) >= 11 is 2.79. The molecule has 4 aliphatic heterocycles. The fraction of sp³-hybridized carbons (Fsp3) is 0.550. The fourth-order valence-corrected chi connectivity index (χ4v) is 7.12. The van der Waals surface area contributed by atoms with Gasteiger partial charge in [-0.2, -0.15) is 0 Å². The zero-order valence-corrected chi connectivity index (χ0v) is 17.0. The first-order valence-electron chi connectivity index (χ1n) is 9.30. The lowest BCUT2D eigenvalue weighted by Gasteiger charge is -2.45. The van der Waals surface area contributed by atoms with Crippen LogP contribution in [-0.2, 0) is 19.9 Å². The number of carbonyl (C=O) groups is 1. The molecule has 5 nitrogen and oxygen atoms in total. The molecule has 1 aromatic rings. The lowest BCUT2D eigenvalue weighted by molar-refractivity contribution is -0.938. The van der Waals surface area contributed by atoms with Crippen LogP contribution in [0.4, 0.5) is 0 Å². The Bertz CT molecular complexity index is 800. The Morgan fingerprint density at radius 2 is 2.07 bits per heavy atom. The summed E-state index contributed by atoms with van der Waals surface area (Å²) in [6.07, 6.45) is 3.86. The molecule has 6 unspecified atom stereocenters. The number of morpholine rings is 1. The molecule has 7 heteroatoms. The van der Waals surface area contributed by atoms with Gasteiger partial charge in [0, 0.05) is 17.7 Å². The quantitative estimate of drug-likeness (QED) is 0.473. The van der Waals surface area contributed by atoms with Gasteiger partial charge in [-0.15, -0.1) is 23.1 Å². The second-order valence-electron chi connectivity index (χ2n) is 8.47. The number of nitrogens with zero attached hydrogens (tertiary/aromatic N) is 1. The number of epoxide rings is 1. The minimum Gasteiger partial charge on any atom is -0.459 e. The van der Waals surface area contributed by atoms with Crippen molar-refractivity contribution in [3.63, 3.8) is 0 Å². The molecular formula is C20H24NO4S2+. The molecule has 2 bridgehead atoms. The molecule has 0 amide bonds. The van der Waals surface area contributed by atoms with Crippen LogP contribution in [0.15, 0.2) is 41.1 Å². The number of hydrogen-bond donors (Lipinski definition) is 1. The van der Waals surface area contributed by atoms with Crippen LogP contribution >= 0.6 is 23.1 Å². The van der Waals surface area contributed by atoms with Gasteiger partial charge in [0.25, 0.3) is 0 Å². The van der Waals surface area contributed by atoms with E-state index in [0.29, 0.717) is 29.2 Å². The second kappa shape index (κ2) is 5.94. The predicted octanol–water partition coefficient (Wildman–Crippen LogP) is 2.42. The Kier molecular flexibility index (Phi) is 3.95. The molecule has 3 fully saturated rings. The van der Waals surface area contributed by atoms with E-state index in [-0.39, 0.29) is 6.10 Å². The number of likely N-dealkylation sites (N-methyl/N-ethyl adjacent to an activating group) is 1. The Morgan fingerprint density at radius 3 is 2.63 bits per heavy atom. The summed E-state index contributed by atoms with van der Waals surface area (Å²) in [7, 11) is 4.49. The smallest absolute Gasteiger partial charge is 0.345 e. The first-order valence-corrected chi connectivity index (χ1v) is 11.1. The Morgan fingerprint density at radius 1 is 1.37 bits per heavy atom. The first kappa shape index (κ1) is 17.9. The SMILES string of the molecule is C=C1C=CSC1C(O)(C(=O)OC1CC2C3OC3C(C1)[N+]2(C)C)c1cccs1. The third kappa shape index (κ3) is 2.52. The molecule has 6 atom stereocenters. The molecule has 27 heavy (non-hydrogen) atoms. The van der Waals surface area contributed by atoms with Gasteiger partial charge in [-0.05, 0) is 22.4 Å². The molecule has 144 valence electrons. The van der Waals surface area contributed by atoms with Crippen LogP contribution < -0.4 is 0 Å². The van der Waals surface area contributed by atoms with Crippen molar-refractivity contribution < 1.29 is 23.9 Å². The minimum absolute atomic E-state index is 0.172. The highest BCUT2D eigenvalue weighted by molar-refractivity contribution is 8.03. The largest absolute Gasteiger partial charge is 0.459 e. The number of quaternary nitrogens is 1. The number of rotatable bonds is 4. The van der Waals surface area contributed by atoms with Crippen molar-refractivity contribution in [2.45, 2.75) is 54.1 Å². The molecule has 0 spiro atoms. The van der Waals surface area contributed by atoms with Crippen molar-refractivity contribution in [3.8, 4) is 0 Å². The number of esters is 1. The van der Waals surface area contributed by atoms with Gasteiger partial charge in [-0.25, -0.2) is 4.79 Å². The molecular weight excluding hydrogens is 382 g/mol. The Balaban J connectivity index is 1.38. The molecule has 1 N–H and O–H groups in total. The number of allylic oxidation sites excluding steroid dienone is 1. The predicted molar refractivity (Wildman–Crippen MR) is 105 cm³/mol. The summed E-state index contributed by atoms with van der Waals surface area (Å²) in [4.78, 5) is 13.9. The van der Waals surface area contributed by atoms with E-state index in [1.54, 1.807) is 6.07 Å². The zero-order chi connectivity index (χ0) is 19.0. The van der Waals surface area contributed by atoms with E-state index in [1.165, 1.54) is 23.1 Å². The molecule has 5 rings (SSSR count). The van der Waals surface area contributed by atoms with Gasteiger partial charge in [0.1, 0.15) is 30.4 Å². The average molecular weight is 407 g/mol. The monoisotopic (exact) mass is 406 g/mol. The number of thiophene rings is 1. The first-order chi connectivity index (χ1) is 12.8. The standard InChI is InChI=1S/C20H24NO4S2/c1-11-6-8-27-18(11)20(23,15-5-4-7-26-15)19(22)24-12-9-13-16-17(25-16)14(10-12)21(13,2)3/h4-8,12-14,16-18,23H,1,9-10H2,2-3H3/q+1. The summed E-state index contributed by atoms with van der Waals surface area (Å²) in [5, 5.41) is 14.8. The van der Waals surface area contributed by atoms with E-state index in [0.717, 1.165) is 22.9 Å². The van der Waals surface area contributed by atoms with Gasteiger partial charge in [-0.1, -0.05) is 18.7 Å². The molecule has 0 saturated carbocycles. The van der Waals surface area contributed by atoms with Crippen LogP contribution in [0.3, 0.4) is 0 Å². The number of ether oxygens (including phenoxy) is 2. The average Bonchev–Trinajstić information content (AvgIpc) is 2.94. The van der Waals surface area contributed by atoms with Gasteiger partial charge in [0.15, 0.2) is 0 Å². The minimum atomic E-state index is -1.71. The number of aliphatic hydroxyl groups is 1. The van der Waals surface area contributed by atoms with Gasteiger partial charge in [0.05, 0.1) is 19.3 Å². The van der Waals surface area contributed by atoms with Crippen molar-refractivity contribution >= 4 is 29.1 Å². The maximum atomic E-state index is 13.3. The van der Waals surface area contributed by atoms with Gasteiger partial charge in [0.2, 0.25) is 5.60 Å². The maximum absolute atomic E-state index is 13.3. The van der Waals surface area contributed by atoms with Crippen LogP contribution in [0, 0.1) is 0 Å². The van der Waals surface area contributed by atoms with Crippen molar-refractivity contribution in [2.75, 3.05) is 14.1 Å². The van der Waals surface area contributed by atoms with Gasteiger partial charge < -0.3 is 19.1 Å². The Hall–Kier alpha value is -1.12. The third-order valence-electron chi connectivity index (χ3n) is 6.73. The third-order valence-corrected chi connectivity index (χ3v) is 8.94. The summed E-state index contributed by atoms with van der Waals surface area (Å²) in [6.45, 7) is 4.02. The molecule has 4 aliphatic rings. The highest BCUT2D eigenvalue weighted by Crippen LogP contribution is 2.52. The lowest BCUT2D eigenvalue weighted by Crippen LogP contribution is -2.60. The zero-order valence-electron chi connectivity index (χ0n) is 15.4. The van der Waals surface area contributed by atoms with E-state index in [9.17, 15) is 9.90 Å². The number of piperidine rings is 1.